The molecule has 0 saturated carbocycles. The Morgan fingerprint density at radius 3 is 2.11 bits per heavy atom. The minimum atomic E-state index is 0.160. The largest absolute Gasteiger partial charge is 0.0695 e. The summed E-state index contributed by atoms with van der Waals surface area (Å²) in [6, 6.07) is 0. The zero-order valence-corrected chi connectivity index (χ0v) is 9.20. The lowest BCUT2D eigenvalue weighted by Gasteiger charge is -2.21. The molecule has 49 valence electrons. The Hall–Kier alpha value is 0.651. The molecule has 3 heteroatoms. The molecule has 0 atom stereocenters. The molecule has 0 bridgehead atoms. The van der Waals surface area contributed by atoms with E-state index in [0.29, 0.717) is 0 Å². The van der Waals surface area contributed by atoms with Crippen LogP contribution < -0.4 is 0 Å². The summed E-state index contributed by atoms with van der Waals surface area (Å²) in [4.78, 5) is 0. The third-order valence-corrected chi connectivity index (χ3v) is 11.0. The summed E-state index contributed by atoms with van der Waals surface area (Å²) in [5.41, 5.74) is 5.89. The first-order chi connectivity index (χ1) is 4.30. The Morgan fingerprint density at radius 2 is 1.78 bits per heavy atom. The third kappa shape index (κ3) is 2.39. The van der Waals surface area contributed by atoms with Crippen LogP contribution in [0.5, 0.6) is 0 Å². The van der Waals surface area contributed by atoms with Gasteiger partial charge in [0.25, 0.3) is 0 Å². The Labute approximate surface area is 64.7 Å². The summed E-state index contributed by atoms with van der Waals surface area (Å²) in [5, 5.41) is 0. The highest BCUT2D eigenvalue weighted by molar-refractivity contribution is 6.84. The summed E-state index contributed by atoms with van der Waals surface area (Å²) in [7, 11) is 2.82. The molecule has 1 saturated heterocycles. The second-order valence-electron chi connectivity index (χ2n) is 2.84. The van der Waals surface area contributed by atoms with Gasteiger partial charge in [-0.05, 0) is 0 Å². The lowest BCUT2D eigenvalue weighted by atomic mass is 10.6. The SMILES string of the molecule is CC(C)[Si]1C[Si]C[Si]C1. The van der Waals surface area contributed by atoms with E-state index in [4.69, 9.17) is 0 Å². The number of hydrogen-bond acceptors (Lipinski definition) is 0. The van der Waals surface area contributed by atoms with Crippen LogP contribution in [0.15, 0.2) is 0 Å². The molecule has 0 nitrogen and oxygen atoms in total. The Kier molecular flexibility index (Phi) is 3.21. The molecule has 0 unspecified atom stereocenters. The molecule has 0 amide bonds. The zero-order valence-electron chi connectivity index (χ0n) is 6.20. The van der Waals surface area contributed by atoms with Crippen LogP contribution in [0, 0.1) is 0 Å². The van der Waals surface area contributed by atoms with Crippen molar-refractivity contribution < 1.29 is 0 Å². The van der Waals surface area contributed by atoms with E-state index in [-0.39, 0.29) is 8.80 Å². The highest BCUT2D eigenvalue weighted by Gasteiger charge is 2.18. The van der Waals surface area contributed by atoms with Crippen LogP contribution in [0.1, 0.15) is 13.8 Å². The summed E-state index contributed by atoms with van der Waals surface area (Å²) < 4.78 is 0. The average Bonchev–Trinajstić information content (AvgIpc) is 1.90. The van der Waals surface area contributed by atoms with Gasteiger partial charge >= 0.3 is 0 Å². The van der Waals surface area contributed by atoms with Crippen LogP contribution in [0.2, 0.25) is 22.5 Å². The average molecular weight is 169 g/mol. The van der Waals surface area contributed by atoms with Crippen molar-refractivity contribution in [2.45, 2.75) is 36.4 Å². The molecule has 0 aliphatic carbocycles. The van der Waals surface area contributed by atoms with Crippen molar-refractivity contribution in [3.05, 3.63) is 0 Å². The van der Waals surface area contributed by atoms with Gasteiger partial charge in [0, 0.05) is 27.8 Å². The molecule has 1 fully saturated rings. The minimum Gasteiger partial charge on any atom is -0.0695 e. The van der Waals surface area contributed by atoms with E-state index in [1.165, 1.54) is 19.0 Å². The van der Waals surface area contributed by atoms with Gasteiger partial charge in [0.05, 0.1) is 0 Å². The predicted octanol–water partition coefficient (Wildman–Crippen LogP) is 1.60. The molecule has 1 heterocycles. The number of hydrogen-bond donors (Lipinski definition) is 0. The zero-order chi connectivity index (χ0) is 6.69. The van der Waals surface area contributed by atoms with Crippen molar-refractivity contribution >= 4 is 27.8 Å². The van der Waals surface area contributed by atoms with E-state index in [9.17, 15) is 0 Å². The second kappa shape index (κ2) is 3.73. The van der Waals surface area contributed by atoms with Crippen LogP contribution in [0.3, 0.4) is 0 Å². The molecule has 0 aromatic heterocycles. The molecule has 0 aromatic rings. The predicted molar refractivity (Wildman–Crippen MR) is 46.8 cm³/mol. The highest BCUT2D eigenvalue weighted by Crippen LogP contribution is 2.18. The minimum absolute atomic E-state index is 0.160. The van der Waals surface area contributed by atoms with E-state index in [2.05, 4.69) is 13.8 Å². The molecule has 0 aromatic carbocycles. The smallest absolute Gasteiger partial charge is 0.0441 e. The van der Waals surface area contributed by atoms with Crippen LogP contribution in [0.25, 0.3) is 0 Å². The quantitative estimate of drug-likeness (QED) is 0.523. The Bertz CT molecular complexity index is 76.4. The van der Waals surface area contributed by atoms with E-state index < -0.39 is 0 Å². The molecule has 1 rings (SSSR count). The Balaban J connectivity index is 2.23. The van der Waals surface area contributed by atoms with Crippen LogP contribution in [-0.2, 0) is 0 Å². The summed E-state index contributed by atoms with van der Waals surface area (Å²) in [6.45, 7) is 4.82. The maximum atomic E-state index is 2.41. The maximum absolute atomic E-state index is 2.41. The van der Waals surface area contributed by atoms with E-state index in [1.54, 1.807) is 17.0 Å². The molecule has 1 aliphatic rings. The fraction of sp³-hybridized carbons (Fsp3) is 1.00. The monoisotopic (exact) mass is 169 g/mol. The Morgan fingerprint density at radius 1 is 1.22 bits per heavy atom. The van der Waals surface area contributed by atoms with Crippen molar-refractivity contribution in [2.75, 3.05) is 0 Å². The number of rotatable bonds is 1. The van der Waals surface area contributed by atoms with Crippen molar-refractivity contribution in [1.29, 1.82) is 0 Å². The van der Waals surface area contributed by atoms with Gasteiger partial charge in [0.1, 0.15) is 0 Å². The van der Waals surface area contributed by atoms with Gasteiger partial charge in [-0.2, -0.15) is 0 Å². The fourth-order valence-electron chi connectivity index (χ4n) is 1.01. The van der Waals surface area contributed by atoms with Gasteiger partial charge in [-0.1, -0.05) is 36.4 Å². The van der Waals surface area contributed by atoms with Gasteiger partial charge in [0.15, 0.2) is 0 Å². The summed E-state index contributed by atoms with van der Waals surface area (Å²) >= 11 is 0. The molecular weight excluding hydrogens is 156 g/mol. The maximum Gasteiger partial charge on any atom is 0.0441 e. The molecule has 5 radical (unpaired) electrons. The van der Waals surface area contributed by atoms with Crippen LogP contribution >= 0.6 is 0 Å². The van der Waals surface area contributed by atoms with Crippen molar-refractivity contribution in [1.82, 2.24) is 0 Å². The van der Waals surface area contributed by atoms with Gasteiger partial charge in [0.2, 0.25) is 0 Å². The van der Waals surface area contributed by atoms with Crippen molar-refractivity contribution in [3.63, 3.8) is 0 Å². The topological polar surface area (TPSA) is 0 Å². The van der Waals surface area contributed by atoms with E-state index in [1.807, 2.05) is 0 Å². The summed E-state index contributed by atoms with van der Waals surface area (Å²) in [6.07, 6.45) is 0. The lowest BCUT2D eigenvalue weighted by molar-refractivity contribution is 1.03. The molecule has 0 N–H and O–H groups in total. The molecule has 9 heavy (non-hydrogen) atoms. The normalized spacial score (nSPS) is 23.0. The van der Waals surface area contributed by atoms with Gasteiger partial charge in [-0.25, -0.2) is 0 Å². The lowest BCUT2D eigenvalue weighted by Crippen LogP contribution is -2.27. The highest BCUT2D eigenvalue weighted by atomic mass is 28.4. The first kappa shape index (κ1) is 7.75. The van der Waals surface area contributed by atoms with Gasteiger partial charge in [-0.15, -0.1) is 0 Å². The van der Waals surface area contributed by atoms with Gasteiger partial charge < -0.3 is 0 Å². The molecule has 1 aliphatic heterocycles. The van der Waals surface area contributed by atoms with E-state index in [0.717, 1.165) is 5.54 Å². The first-order valence-electron chi connectivity index (χ1n) is 3.56. The van der Waals surface area contributed by atoms with Crippen LogP contribution in [0.4, 0.5) is 0 Å². The van der Waals surface area contributed by atoms with Crippen LogP contribution in [-0.4, -0.2) is 27.8 Å². The fourth-order valence-corrected chi connectivity index (χ4v) is 12.4. The second-order valence-corrected chi connectivity index (χ2v) is 10.6. The standard InChI is InChI=1S/C6H13Si3/c1-6(2)9-4-7-3-8-5-9/h6H,3-5H2,1-2H3. The third-order valence-electron chi connectivity index (χ3n) is 1.77. The van der Waals surface area contributed by atoms with Crippen molar-refractivity contribution in [3.8, 4) is 0 Å². The molecule has 0 spiro atoms. The molecular formula is C6H13Si3. The van der Waals surface area contributed by atoms with E-state index >= 15 is 0 Å². The van der Waals surface area contributed by atoms with Gasteiger partial charge in [-0.3, -0.25) is 0 Å². The van der Waals surface area contributed by atoms with Crippen molar-refractivity contribution in [2.24, 2.45) is 0 Å². The summed E-state index contributed by atoms with van der Waals surface area (Å²) in [5.74, 6) is 0. The first-order valence-corrected chi connectivity index (χ1v) is 8.38.